The van der Waals surface area contributed by atoms with E-state index in [-0.39, 0.29) is 17.6 Å². The summed E-state index contributed by atoms with van der Waals surface area (Å²) in [5.74, 6) is 1.24. The molecule has 2 fully saturated rings. The molecule has 0 atom stereocenters. The van der Waals surface area contributed by atoms with Gasteiger partial charge in [0.1, 0.15) is 11.0 Å². The predicted octanol–water partition coefficient (Wildman–Crippen LogP) is 1.14. The number of carbonyl (C=O) groups excluding carboxylic acids is 2. The number of rotatable bonds is 5. The molecule has 8 nitrogen and oxygen atoms in total. The fourth-order valence-corrected chi connectivity index (χ4v) is 4.03. The summed E-state index contributed by atoms with van der Waals surface area (Å²) in [7, 11) is 0. The summed E-state index contributed by atoms with van der Waals surface area (Å²) in [4.78, 5) is 38.7. The smallest absolute Gasteiger partial charge is 0.233 e. The molecule has 2 aliphatic rings. The second-order valence-corrected chi connectivity index (χ2v) is 7.66. The first-order chi connectivity index (χ1) is 13.1. The van der Waals surface area contributed by atoms with E-state index in [9.17, 15) is 9.59 Å². The van der Waals surface area contributed by atoms with Crippen molar-refractivity contribution >= 4 is 41.0 Å². The zero-order chi connectivity index (χ0) is 19.2. The van der Waals surface area contributed by atoms with Gasteiger partial charge in [-0.1, -0.05) is 30.3 Å². The molecule has 1 aromatic rings. The van der Waals surface area contributed by atoms with E-state index in [0.717, 1.165) is 5.82 Å². The summed E-state index contributed by atoms with van der Waals surface area (Å²) < 4.78 is 5.27. The lowest BCUT2D eigenvalue weighted by Crippen LogP contribution is -2.48. The number of ether oxygens (including phenoxy) is 1. The number of aromatic nitrogens is 2. The van der Waals surface area contributed by atoms with E-state index in [1.807, 2.05) is 11.8 Å². The van der Waals surface area contributed by atoms with Gasteiger partial charge < -0.3 is 19.4 Å². The lowest BCUT2D eigenvalue weighted by molar-refractivity contribution is -0.132. The Morgan fingerprint density at radius 2 is 1.74 bits per heavy atom. The number of anilines is 1. The van der Waals surface area contributed by atoms with E-state index in [1.54, 1.807) is 11.0 Å². The Kier molecular flexibility index (Phi) is 7.14. The molecule has 0 aromatic carbocycles. The maximum atomic E-state index is 12.3. The summed E-state index contributed by atoms with van der Waals surface area (Å²) in [6.07, 6.45) is 0.525. The Morgan fingerprint density at radius 3 is 2.41 bits per heavy atom. The van der Waals surface area contributed by atoms with Gasteiger partial charge in [0, 0.05) is 51.8 Å². The topological polar surface area (TPSA) is 78.9 Å². The lowest BCUT2D eigenvalue weighted by atomic mass is 10.3. The number of hydrogen-bond acceptors (Lipinski definition) is 7. The molecule has 0 bridgehead atoms. The Morgan fingerprint density at radius 1 is 1.07 bits per heavy atom. The van der Waals surface area contributed by atoms with E-state index in [2.05, 4.69) is 14.9 Å². The average molecular weight is 414 g/mol. The molecule has 0 saturated carbocycles. The zero-order valence-electron chi connectivity index (χ0n) is 15.4. The number of carbonyl (C=O) groups is 2. The SMILES string of the molecule is CCC(=O)N1CCN(c2cc(Cl)nc(SCC(=O)N3CCOCC3)n2)CC1. The van der Waals surface area contributed by atoms with Crippen molar-refractivity contribution in [3.05, 3.63) is 11.2 Å². The van der Waals surface area contributed by atoms with E-state index < -0.39 is 0 Å². The van der Waals surface area contributed by atoms with Gasteiger partial charge in [-0.05, 0) is 0 Å². The number of nitrogens with zero attached hydrogens (tertiary/aromatic N) is 5. The van der Waals surface area contributed by atoms with Gasteiger partial charge in [-0.3, -0.25) is 9.59 Å². The quantitative estimate of drug-likeness (QED) is 0.407. The molecule has 2 aliphatic heterocycles. The van der Waals surface area contributed by atoms with Crippen LogP contribution in [-0.4, -0.2) is 89.8 Å². The number of amides is 2. The summed E-state index contributed by atoms with van der Waals surface area (Å²) in [5.41, 5.74) is 0. The Hall–Kier alpha value is -1.58. The number of piperazine rings is 1. The van der Waals surface area contributed by atoms with Gasteiger partial charge in [0.2, 0.25) is 11.8 Å². The minimum Gasteiger partial charge on any atom is -0.378 e. The molecule has 3 heterocycles. The number of thioether (sulfide) groups is 1. The van der Waals surface area contributed by atoms with Crippen LogP contribution in [0.2, 0.25) is 5.15 Å². The molecule has 148 valence electrons. The van der Waals surface area contributed by atoms with Crippen LogP contribution in [0, 0.1) is 0 Å². The third-order valence-corrected chi connectivity index (χ3v) is 5.63. The molecule has 0 N–H and O–H groups in total. The summed E-state index contributed by atoms with van der Waals surface area (Å²) >= 11 is 7.46. The molecule has 2 saturated heterocycles. The summed E-state index contributed by atoms with van der Waals surface area (Å²) in [6, 6.07) is 1.73. The van der Waals surface area contributed by atoms with Crippen molar-refractivity contribution < 1.29 is 14.3 Å². The summed E-state index contributed by atoms with van der Waals surface area (Å²) in [5, 5.41) is 0.847. The van der Waals surface area contributed by atoms with Crippen molar-refractivity contribution in [1.82, 2.24) is 19.8 Å². The van der Waals surface area contributed by atoms with Crippen LogP contribution in [0.5, 0.6) is 0 Å². The third kappa shape index (κ3) is 5.46. The van der Waals surface area contributed by atoms with Crippen molar-refractivity contribution in [2.24, 2.45) is 0 Å². The molecule has 0 spiro atoms. The second-order valence-electron chi connectivity index (χ2n) is 6.33. The van der Waals surface area contributed by atoms with Crippen LogP contribution in [0.25, 0.3) is 0 Å². The Labute approximate surface area is 168 Å². The highest BCUT2D eigenvalue weighted by Gasteiger charge is 2.22. The first kappa shape index (κ1) is 20.2. The van der Waals surface area contributed by atoms with Crippen molar-refractivity contribution in [3.8, 4) is 0 Å². The highest BCUT2D eigenvalue weighted by molar-refractivity contribution is 7.99. The fraction of sp³-hybridized carbons (Fsp3) is 0.647. The summed E-state index contributed by atoms with van der Waals surface area (Å²) in [6.45, 7) is 7.05. The maximum absolute atomic E-state index is 12.3. The molecule has 0 aliphatic carbocycles. The molecular weight excluding hydrogens is 390 g/mol. The monoisotopic (exact) mass is 413 g/mol. The van der Waals surface area contributed by atoms with Gasteiger partial charge in [0.25, 0.3) is 0 Å². The Bertz CT molecular complexity index is 679. The normalized spacial score (nSPS) is 17.9. The van der Waals surface area contributed by atoms with E-state index >= 15 is 0 Å². The molecule has 10 heteroatoms. The van der Waals surface area contributed by atoms with Gasteiger partial charge in [0.05, 0.1) is 19.0 Å². The van der Waals surface area contributed by atoms with Gasteiger partial charge >= 0.3 is 0 Å². The molecule has 0 radical (unpaired) electrons. The minimum atomic E-state index is 0.0557. The number of halogens is 1. The van der Waals surface area contributed by atoms with Crippen LogP contribution >= 0.6 is 23.4 Å². The minimum absolute atomic E-state index is 0.0557. The van der Waals surface area contributed by atoms with E-state index in [4.69, 9.17) is 16.3 Å². The number of morpholine rings is 1. The van der Waals surface area contributed by atoms with Crippen molar-refractivity contribution in [2.45, 2.75) is 18.5 Å². The van der Waals surface area contributed by atoms with Gasteiger partial charge in [-0.25, -0.2) is 9.97 Å². The molecular formula is C17H24ClN5O3S. The van der Waals surface area contributed by atoms with Crippen molar-refractivity contribution in [1.29, 1.82) is 0 Å². The van der Waals surface area contributed by atoms with Gasteiger partial charge in [0.15, 0.2) is 5.16 Å². The molecule has 0 unspecified atom stereocenters. The first-order valence-corrected chi connectivity index (χ1v) is 10.5. The largest absolute Gasteiger partial charge is 0.378 e. The lowest BCUT2D eigenvalue weighted by Gasteiger charge is -2.35. The number of hydrogen-bond donors (Lipinski definition) is 0. The van der Waals surface area contributed by atoms with E-state index in [1.165, 1.54) is 11.8 Å². The standard InChI is InChI=1S/C17H24ClN5O3S/c1-2-15(24)22-5-3-21(4-6-22)14-11-13(18)19-17(20-14)27-12-16(25)23-7-9-26-10-8-23/h11H,2-10,12H2,1H3. The van der Waals surface area contributed by atoms with Gasteiger partial charge in [-0.15, -0.1) is 0 Å². The third-order valence-electron chi connectivity index (χ3n) is 4.61. The van der Waals surface area contributed by atoms with Gasteiger partial charge in [-0.2, -0.15) is 0 Å². The Balaban J connectivity index is 1.58. The zero-order valence-corrected chi connectivity index (χ0v) is 17.0. The highest BCUT2D eigenvalue weighted by Crippen LogP contribution is 2.23. The fourth-order valence-electron chi connectivity index (χ4n) is 3.05. The maximum Gasteiger partial charge on any atom is 0.233 e. The molecule has 27 heavy (non-hydrogen) atoms. The highest BCUT2D eigenvalue weighted by atomic mass is 35.5. The molecule has 2 amide bonds. The van der Waals surface area contributed by atoms with Crippen LogP contribution in [0.15, 0.2) is 11.2 Å². The van der Waals surface area contributed by atoms with Crippen LogP contribution < -0.4 is 4.90 Å². The van der Waals surface area contributed by atoms with Crippen LogP contribution in [0.1, 0.15) is 13.3 Å². The van der Waals surface area contributed by atoms with E-state index in [0.29, 0.717) is 69.2 Å². The molecule has 3 rings (SSSR count). The van der Waals surface area contributed by atoms with Crippen molar-refractivity contribution in [2.75, 3.05) is 63.1 Å². The first-order valence-electron chi connectivity index (χ1n) is 9.12. The van der Waals surface area contributed by atoms with Crippen LogP contribution in [0.3, 0.4) is 0 Å². The van der Waals surface area contributed by atoms with Crippen molar-refractivity contribution in [3.63, 3.8) is 0 Å². The molecule has 1 aromatic heterocycles. The predicted molar refractivity (Wildman–Crippen MR) is 104 cm³/mol. The second kappa shape index (κ2) is 9.57. The van der Waals surface area contributed by atoms with Crippen LogP contribution in [0.4, 0.5) is 5.82 Å². The van der Waals surface area contributed by atoms with Crippen LogP contribution in [-0.2, 0) is 14.3 Å². The average Bonchev–Trinajstić information content (AvgIpc) is 2.71.